The molecule has 1 saturated heterocycles. The Morgan fingerprint density at radius 3 is 2.54 bits per heavy atom. The summed E-state index contributed by atoms with van der Waals surface area (Å²) in [6.07, 6.45) is -0.450. The van der Waals surface area contributed by atoms with Crippen molar-refractivity contribution in [3.63, 3.8) is 0 Å². The van der Waals surface area contributed by atoms with Crippen LogP contribution in [0.1, 0.15) is 11.0 Å². The highest BCUT2D eigenvalue weighted by atomic mass is 32.1. The summed E-state index contributed by atoms with van der Waals surface area (Å²) in [6, 6.07) is 13.3. The van der Waals surface area contributed by atoms with E-state index in [0.29, 0.717) is 25.4 Å². The lowest BCUT2D eigenvalue weighted by Crippen LogP contribution is -2.50. The summed E-state index contributed by atoms with van der Waals surface area (Å²) in [5.41, 5.74) is 0. The zero-order chi connectivity index (χ0) is 16.8. The van der Waals surface area contributed by atoms with Gasteiger partial charge in [-0.15, -0.1) is 11.3 Å². The summed E-state index contributed by atoms with van der Waals surface area (Å²) in [5.74, 6) is 0.723. The molecule has 1 aromatic heterocycles. The van der Waals surface area contributed by atoms with Crippen LogP contribution < -0.4 is 4.74 Å². The lowest BCUT2D eigenvalue weighted by molar-refractivity contribution is -0.135. The minimum absolute atomic E-state index is 0.0114. The molecule has 0 bridgehead atoms. The molecule has 0 unspecified atom stereocenters. The average Bonchev–Trinajstić information content (AvgIpc) is 3.16. The molecule has 2 heterocycles. The fourth-order valence-corrected chi connectivity index (χ4v) is 3.45. The van der Waals surface area contributed by atoms with E-state index in [0.717, 1.165) is 18.0 Å². The Morgan fingerprint density at radius 2 is 1.88 bits per heavy atom. The molecule has 1 aromatic carbocycles. The summed E-state index contributed by atoms with van der Waals surface area (Å²) in [7, 11) is 0. The summed E-state index contributed by atoms with van der Waals surface area (Å²) in [4.78, 5) is 17.2. The number of carbonyl (C=O) groups excluding carboxylic acids is 1. The van der Waals surface area contributed by atoms with Gasteiger partial charge in [-0.2, -0.15) is 0 Å². The molecule has 0 spiro atoms. The van der Waals surface area contributed by atoms with Crippen molar-refractivity contribution in [1.82, 2.24) is 9.80 Å². The van der Waals surface area contributed by atoms with Crippen LogP contribution in [0, 0.1) is 0 Å². The first kappa shape index (κ1) is 17.0. The van der Waals surface area contributed by atoms with Gasteiger partial charge in [-0.25, -0.2) is 0 Å². The predicted molar refractivity (Wildman–Crippen MR) is 94.2 cm³/mol. The molecular formula is C18H22N2O3S. The van der Waals surface area contributed by atoms with Crippen LogP contribution in [0.3, 0.4) is 0 Å². The van der Waals surface area contributed by atoms with E-state index in [2.05, 4.69) is 4.90 Å². The lowest BCUT2D eigenvalue weighted by atomic mass is 10.2. The Kier molecular flexibility index (Phi) is 5.85. The van der Waals surface area contributed by atoms with Gasteiger partial charge in [0.25, 0.3) is 5.91 Å². The zero-order valence-corrected chi connectivity index (χ0v) is 14.3. The summed E-state index contributed by atoms with van der Waals surface area (Å²) in [6.45, 7) is 3.59. The van der Waals surface area contributed by atoms with Crippen molar-refractivity contribution < 1.29 is 14.6 Å². The second-order valence-electron chi connectivity index (χ2n) is 5.81. The summed E-state index contributed by atoms with van der Waals surface area (Å²) < 4.78 is 5.52. The molecule has 128 valence electrons. The van der Waals surface area contributed by atoms with E-state index < -0.39 is 6.10 Å². The number of carbonyl (C=O) groups is 1. The molecule has 5 nitrogen and oxygen atoms in total. The first-order valence-electron chi connectivity index (χ1n) is 8.12. The van der Waals surface area contributed by atoms with Crippen LogP contribution in [-0.4, -0.2) is 60.1 Å². The molecular weight excluding hydrogens is 324 g/mol. The predicted octanol–water partition coefficient (Wildman–Crippen LogP) is 2.00. The molecule has 0 saturated carbocycles. The number of hydrogen-bond donors (Lipinski definition) is 1. The minimum Gasteiger partial charge on any atom is -0.484 e. The SMILES string of the molecule is O=C(COc1ccccc1)N1CCN(C[C@@H](O)c2cccs2)CC1. The molecule has 6 heteroatoms. The number of aliphatic hydroxyl groups excluding tert-OH is 1. The number of aliphatic hydroxyl groups is 1. The number of rotatable bonds is 6. The topological polar surface area (TPSA) is 53.0 Å². The second kappa shape index (κ2) is 8.28. The number of piperazine rings is 1. The third kappa shape index (κ3) is 4.56. The number of ether oxygens (including phenoxy) is 1. The van der Waals surface area contributed by atoms with Crippen LogP contribution in [0.2, 0.25) is 0 Å². The molecule has 1 fully saturated rings. The number of nitrogens with zero attached hydrogens (tertiary/aromatic N) is 2. The van der Waals surface area contributed by atoms with Gasteiger partial charge in [-0.05, 0) is 23.6 Å². The molecule has 1 N–H and O–H groups in total. The van der Waals surface area contributed by atoms with Gasteiger partial charge in [0.2, 0.25) is 0 Å². The molecule has 1 atom stereocenters. The number of hydrogen-bond acceptors (Lipinski definition) is 5. The molecule has 1 aliphatic heterocycles. The Labute approximate surface area is 146 Å². The summed E-state index contributed by atoms with van der Waals surface area (Å²) >= 11 is 1.57. The van der Waals surface area contributed by atoms with E-state index in [-0.39, 0.29) is 12.5 Å². The van der Waals surface area contributed by atoms with Gasteiger partial charge in [-0.3, -0.25) is 9.69 Å². The Morgan fingerprint density at radius 1 is 1.12 bits per heavy atom. The lowest BCUT2D eigenvalue weighted by Gasteiger charge is -2.35. The number of amides is 1. The van der Waals surface area contributed by atoms with Crippen molar-refractivity contribution in [1.29, 1.82) is 0 Å². The third-order valence-electron chi connectivity index (χ3n) is 4.13. The Hall–Kier alpha value is -1.89. The number of para-hydroxylation sites is 1. The van der Waals surface area contributed by atoms with Gasteiger partial charge in [0.1, 0.15) is 11.9 Å². The van der Waals surface area contributed by atoms with Crippen LogP contribution in [-0.2, 0) is 4.79 Å². The highest BCUT2D eigenvalue weighted by Crippen LogP contribution is 2.20. The molecule has 1 aliphatic rings. The van der Waals surface area contributed by atoms with Gasteiger partial charge < -0.3 is 14.7 Å². The minimum atomic E-state index is -0.450. The highest BCUT2D eigenvalue weighted by Gasteiger charge is 2.23. The normalized spacial score (nSPS) is 16.8. The average molecular weight is 346 g/mol. The van der Waals surface area contributed by atoms with Crippen LogP contribution in [0.15, 0.2) is 47.8 Å². The largest absolute Gasteiger partial charge is 0.484 e. The maximum absolute atomic E-state index is 12.2. The van der Waals surface area contributed by atoms with Gasteiger partial charge in [0.15, 0.2) is 6.61 Å². The van der Waals surface area contributed by atoms with Crippen LogP contribution in [0.4, 0.5) is 0 Å². The van der Waals surface area contributed by atoms with E-state index in [9.17, 15) is 9.90 Å². The maximum Gasteiger partial charge on any atom is 0.260 e. The van der Waals surface area contributed by atoms with E-state index in [4.69, 9.17) is 4.74 Å². The second-order valence-corrected chi connectivity index (χ2v) is 6.79. The number of benzene rings is 1. The monoisotopic (exact) mass is 346 g/mol. The van der Waals surface area contributed by atoms with E-state index in [1.54, 1.807) is 11.3 Å². The smallest absolute Gasteiger partial charge is 0.260 e. The van der Waals surface area contributed by atoms with Crippen LogP contribution in [0.25, 0.3) is 0 Å². The molecule has 24 heavy (non-hydrogen) atoms. The molecule has 0 radical (unpaired) electrons. The van der Waals surface area contributed by atoms with Crippen molar-refractivity contribution in [3.8, 4) is 5.75 Å². The first-order chi connectivity index (χ1) is 11.7. The van der Waals surface area contributed by atoms with Crippen molar-refractivity contribution in [3.05, 3.63) is 52.7 Å². The molecule has 2 aromatic rings. The fourth-order valence-electron chi connectivity index (χ4n) is 2.75. The molecule has 0 aliphatic carbocycles. The number of thiophene rings is 1. The van der Waals surface area contributed by atoms with Gasteiger partial charge in [0, 0.05) is 37.6 Å². The first-order valence-corrected chi connectivity index (χ1v) is 9.00. The van der Waals surface area contributed by atoms with Crippen molar-refractivity contribution >= 4 is 17.2 Å². The van der Waals surface area contributed by atoms with Crippen molar-refractivity contribution in [2.24, 2.45) is 0 Å². The maximum atomic E-state index is 12.2. The van der Waals surface area contributed by atoms with Gasteiger partial charge in [-0.1, -0.05) is 24.3 Å². The quantitative estimate of drug-likeness (QED) is 0.869. The Balaban J connectivity index is 1.40. The third-order valence-corrected chi connectivity index (χ3v) is 5.11. The van der Waals surface area contributed by atoms with E-state index in [1.807, 2.05) is 52.7 Å². The van der Waals surface area contributed by atoms with Crippen molar-refractivity contribution in [2.75, 3.05) is 39.3 Å². The van der Waals surface area contributed by atoms with Gasteiger partial charge >= 0.3 is 0 Å². The van der Waals surface area contributed by atoms with Crippen LogP contribution in [0.5, 0.6) is 5.75 Å². The van der Waals surface area contributed by atoms with Crippen LogP contribution >= 0.6 is 11.3 Å². The molecule has 3 rings (SSSR count). The van der Waals surface area contributed by atoms with Crippen molar-refractivity contribution in [2.45, 2.75) is 6.10 Å². The number of β-amino-alcohol motifs (C(OH)–C–C–N with tert-alkyl or cyclic N) is 1. The van der Waals surface area contributed by atoms with E-state index >= 15 is 0 Å². The molecule has 1 amide bonds. The van der Waals surface area contributed by atoms with E-state index in [1.165, 1.54) is 0 Å². The standard InChI is InChI=1S/C18H22N2O3S/c21-16(17-7-4-12-24-17)13-19-8-10-20(11-9-19)18(22)14-23-15-5-2-1-3-6-15/h1-7,12,16,21H,8-11,13-14H2/t16-/m1/s1. The zero-order valence-electron chi connectivity index (χ0n) is 13.5. The summed E-state index contributed by atoms with van der Waals surface area (Å²) in [5, 5.41) is 12.2. The van der Waals surface area contributed by atoms with Gasteiger partial charge in [0.05, 0.1) is 0 Å². The fraction of sp³-hybridized carbons (Fsp3) is 0.389. The highest BCUT2D eigenvalue weighted by molar-refractivity contribution is 7.10. The Bertz CT molecular complexity index is 625.